The van der Waals surface area contributed by atoms with E-state index in [1.54, 1.807) is 39.4 Å². The van der Waals surface area contributed by atoms with E-state index in [0.717, 1.165) is 0 Å². The van der Waals surface area contributed by atoms with Crippen molar-refractivity contribution in [2.75, 3.05) is 80.4 Å². The Morgan fingerprint density at radius 1 is 0.509 bits per heavy atom. The number of benzene rings is 3. The van der Waals surface area contributed by atoms with Crippen molar-refractivity contribution in [3.8, 4) is 0 Å². The number of rotatable bonds is 25. The van der Waals surface area contributed by atoms with Crippen molar-refractivity contribution in [3.05, 3.63) is 187 Å². The van der Waals surface area contributed by atoms with Gasteiger partial charge in [-0.25, -0.2) is 42.5 Å². The van der Waals surface area contributed by atoms with Crippen LogP contribution in [0.25, 0.3) is 0 Å². The van der Waals surface area contributed by atoms with Gasteiger partial charge in [-0.1, -0.05) is 80.7 Å². The quantitative estimate of drug-likeness (QED) is 0.0355. The molecule has 11 atom stereocenters. The highest BCUT2D eigenvalue weighted by atomic mass is 35.5. The van der Waals surface area contributed by atoms with Gasteiger partial charge in [0.2, 0.25) is 0 Å². The van der Waals surface area contributed by atoms with Crippen LogP contribution in [-0.4, -0.2) is 199 Å². The SMILES string of the molecule is COC(=O)C1=C(CN2CCO[C@H](C(C)C)[C@H]2CC(C)C(C)=O)NC(c2nccs2)=N[C@H]1c1ccc(F)cc1Cl.COC(=O)C1=C(CN2CCO[C@H](C)[C@H]2CC(C)C(C)=O)NC(c2nccs2)=N[C@H]1c1ccc(F)cc1Cl.COC(=O)C1=C(CN2CCO[C@H](C)[C@H]2CCC(C)=O)NC(c2nccs2)=N[C@H]1c1ccc(F)cc1Cl. The fourth-order valence-electron chi connectivity index (χ4n) is 14.3. The minimum absolute atomic E-state index is 0.0223. The fourth-order valence-corrected chi connectivity index (χ4v) is 16.9. The minimum Gasteiger partial charge on any atom is -0.466 e. The fraction of sp³-hybridized carbons (Fsp3) is 0.468. The molecule has 3 N–H and O–H groups in total. The second-order valence-electron chi connectivity index (χ2n) is 28.3. The van der Waals surface area contributed by atoms with Gasteiger partial charge in [-0.05, 0) is 96.2 Å². The summed E-state index contributed by atoms with van der Waals surface area (Å²) in [5, 5.41) is 17.9. The number of halogens is 6. The van der Waals surface area contributed by atoms with Gasteiger partial charge in [0.15, 0.2) is 32.5 Å². The van der Waals surface area contributed by atoms with E-state index in [-0.39, 0.29) is 103 Å². The molecule has 0 amide bonds. The molecular weight excluding hydrogens is 1570 g/mol. The van der Waals surface area contributed by atoms with Crippen molar-refractivity contribution < 1.29 is 70.4 Å². The summed E-state index contributed by atoms with van der Waals surface area (Å²) in [6, 6.07) is 9.48. The lowest BCUT2D eigenvalue weighted by Gasteiger charge is -2.44. The number of thiazole rings is 3. The molecule has 33 heteroatoms. The number of Topliss-reactive ketones (excluding diaryl/α,β-unsaturated/α-hetero) is 3. The van der Waals surface area contributed by atoms with Crippen LogP contribution >= 0.6 is 68.8 Å². The maximum atomic E-state index is 13.9. The molecule has 9 heterocycles. The largest absolute Gasteiger partial charge is 0.466 e. The van der Waals surface area contributed by atoms with Crippen LogP contribution in [0.3, 0.4) is 0 Å². The van der Waals surface area contributed by atoms with Crippen molar-refractivity contribution in [3.63, 3.8) is 0 Å². The topological polar surface area (TPSA) is 279 Å². The monoisotopic (exact) mass is 1660 g/mol. The lowest BCUT2D eigenvalue weighted by atomic mass is 9.87. The Labute approximate surface area is 676 Å². The van der Waals surface area contributed by atoms with Crippen molar-refractivity contribution in [1.29, 1.82) is 0 Å². The minimum atomic E-state index is -0.836. The van der Waals surface area contributed by atoms with E-state index in [9.17, 15) is 41.9 Å². The van der Waals surface area contributed by atoms with E-state index in [0.29, 0.717) is 151 Å². The molecule has 3 aromatic carbocycles. The number of aliphatic imine (C=N–C) groups is 3. The Morgan fingerprint density at radius 2 is 0.839 bits per heavy atom. The standard InChI is InChI=1S/C28H34ClFN4O4S.C26H30ClFN4O4S.C25H28ClFN4O4S/c1-15(2)25-22(12-16(3)17(4)35)34(9-10-38-25)14-21-23(28(36)37-5)24(19-7-6-18(30)13-20(19)29)33-26(32-21)27-31-8-11-39-27;1-14(15(2)33)11-21-16(3)36-9-8-32(21)13-20-22(26(34)35-4)23(18-6-5-17(28)12-19(18)27)31-24(30-20)25-29-7-10-37-25;1-14(32)4-7-20-15(2)35-10-9-31(20)13-19-21(25(33)34-3)22(17-6-5-16(27)12-18(17)26)30-23(29-19)24-28-8-11-36-24/h6-8,11,13,15-16,22,24-25H,9-10,12,14H2,1-5H3,(H,32,33);5-7,10,12,14,16,21,23H,8-9,11,13H2,1-4H3,(H,30,31);5-6,8,11-12,15,20,22H,4,7,9-10,13H2,1-3H3,(H,29,30)/t16?,22-,24+,25-;14?,16-,21-,23+;15-,20-,22+/m111/s1. The maximum absolute atomic E-state index is 13.9. The number of methoxy groups -OCH3 is 3. The molecule has 0 spiro atoms. The molecule has 0 radical (unpaired) electrons. The first-order valence-corrected chi connectivity index (χ1v) is 40.5. The number of carbonyl (C=O) groups is 6. The smallest absolute Gasteiger partial charge is 0.338 e. The highest BCUT2D eigenvalue weighted by Crippen LogP contribution is 2.42. The van der Waals surface area contributed by atoms with E-state index in [4.69, 9.17) is 78.2 Å². The molecule has 24 nitrogen and oxygen atoms in total. The van der Waals surface area contributed by atoms with Crippen LogP contribution in [0.2, 0.25) is 15.1 Å². The average Bonchev–Trinajstić information content (AvgIpc) is 1.03. The molecule has 0 aliphatic carbocycles. The average molecular weight is 1660 g/mol. The highest BCUT2D eigenvalue weighted by molar-refractivity contribution is 7.12. The number of esters is 3. The number of ether oxygens (including phenoxy) is 6. The summed E-state index contributed by atoms with van der Waals surface area (Å²) in [7, 11) is 3.94. The van der Waals surface area contributed by atoms with Crippen LogP contribution in [0.5, 0.6) is 0 Å². The molecule has 6 aliphatic rings. The molecule has 6 aliphatic heterocycles. The molecule has 3 saturated heterocycles. The zero-order valence-electron chi connectivity index (χ0n) is 64.2. The summed E-state index contributed by atoms with van der Waals surface area (Å²) < 4.78 is 75.2. The first-order chi connectivity index (χ1) is 53.6. The lowest BCUT2D eigenvalue weighted by Crippen LogP contribution is -2.55. The normalized spacial score (nSPS) is 23.0. The zero-order valence-corrected chi connectivity index (χ0v) is 68.9. The van der Waals surface area contributed by atoms with Gasteiger partial charge in [0.05, 0.1) is 76.2 Å². The highest BCUT2D eigenvalue weighted by Gasteiger charge is 2.43. The molecule has 600 valence electrons. The van der Waals surface area contributed by atoms with E-state index < -0.39 is 53.5 Å². The summed E-state index contributed by atoms with van der Waals surface area (Å²) in [5.74, 6) is -1.39. The molecule has 112 heavy (non-hydrogen) atoms. The van der Waals surface area contributed by atoms with Gasteiger partial charge in [-0.15, -0.1) is 34.0 Å². The molecule has 2 unspecified atom stereocenters. The molecule has 0 saturated carbocycles. The number of aromatic nitrogens is 3. The molecule has 0 bridgehead atoms. The number of carbonyl (C=O) groups excluding carboxylic acids is 6. The molecule has 3 fully saturated rings. The van der Waals surface area contributed by atoms with E-state index in [2.05, 4.69) is 59.4 Å². The lowest BCUT2D eigenvalue weighted by molar-refractivity contribution is -0.137. The number of hydrogen-bond acceptors (Lipinski definition) is 27. The van der Waals surface area contributed by atoms with Crippen molar-refractivity contribution in [2.24, 2.45) is 32.7 Å². The summed E-state index contributed by atoms with van der Waals surface area (Å²) in [6.45, 7) is 21.3. The van der Waals surface area contributed by atoms with Gasteiger partial charge in [0.1, 0.15) is 52.9 Å². The number of amidine groups is 3. The maximum Gasteiger partial charge on any atom is 0.338 e. The zero-order chi connectivity index (χ0) is 80.8. The number of nitrogens with one attached hydrogen (secondary N) is 3. The third kappa shape index (κ3) is 21.3. The third-order valence-electron chi connectivity index (χ3n) is 20.5. The van der Waals surface area contributed by atoms with Crippen LogP contribution in [-0.2, 0) is 57.2 Å². The summed E-state index contributed by atoms with van der Waals surface area (Å²) in [6.07, 6.45) is 7.07. The van der Waals surface area contributed by atoms with E-state index >= 15 is 0 Å². The summed E-state index contributed by atoms with van der Waals surface area (Å²) >= 11 is 23.6. The molecule has 3 aromatic heterocycles. The van der Waals surface area contributed by atoms with Gasteiger partial charge in [0.25, 0.3) is 0 Å². The van der Waals surface area contributed by atoms with Gasteiger partial charge >= 0.3 is 17.9 Å². The Morgan fingerprint density at radius 3 is 1.15 bits per heavy atom. The third-order valence-corrected chi connectivity index (χ3v) is 23.8. The first-order valence-electron chi connectivity index (χ1n) is 36.7. The predicted molar refractivity (Wildman–Crippen MR) is 425 cm³/mol. The Balaban J connectivity index is 0.000000178. The van der Waals surface area contributed by atoms with Gasteiger partial charge in [-0.2, -0.15) is 0 Å². The summed E-state index contributed by atoms with van der Waals surface area (Å²) in [5.41, 5.74) is 4.08. The number of nitrogens with zero attached hydrogens (tertiary/aromatic N) is 9. The predicted octanol–water partition coefficient (Wildman–Crippen LogP) is 12.9. The number of ketones is 3. The van der Waals surface area contributed by atoms with Crippen molar-refractivity contribution >= 4 is 122 Å². The van der Waals surface area contributed by atoms with Gasteiger partial charge in [-0.3, -0.25) is 39.3 Å². The molecule has 6 aromatic rings. The van der Waals surface area contributed by atoms with E-state index in [1.165, 1.54) is 110 Å². The van der Waals surface area contributed by atoms with Crippen LogP contribution in [0.15, 0.2) is 138 Å². The second kappa shape index (κ2) is 39.9. The molecule has 12 rings (SSSR count). The molecular formula is C79H92Cl3F3N12O12S3. The van der Waals surface area contributed by atoms with E-state index in [1.807, 2.05) is 43.8 Å². The first kappa shape index (κ1) is 86.4. The van der Waals surface area contributed by atoms with Crippen LogP contribution < -0.4 is 16.0 Å². The van der Waals surface area contributed by atoms with Gasteiger partial charge < -0.3 is 49.2 Å². The van der Waals surface area contributed by atoms with Crippen LogP contribution in [0, 0.1) is 35.2 Å². The van der Waals surface area contributed by atoms with Crippen LogP contribution in [0.4, 0.5) is 13.2 Å². The Kier molecular flexibility index (Phi) is 30.8. The van der Waals surface area contributed by atoms with Crippen molar-refractivity contribution in [2.45, 2.75) is 143 Å². The second-order valence-corrected chi connectivity index (χ2v) is 32.2. The number of morpholine rings is 3. The Hall–Kier alpha value is -7.98. The van der Waals surface area contributed by atoms with Gasteiger partial charge in [0, 0.05) is 159 Å². The van der Waals surface area contributed by atoms with Crippen molar-refractivity contribution in [1.82, 2.24) is 45.6 Å². The summed E-state index contributed by atoms with van der Waals surface area (Å²) in [4.78, 5) is 110. The Bertz CT molecular complexity index is 4570. The van der Waals surface area contributed by atoms with Crippen LogP contribution in [0.1, 0.15) is 138 Å². The number of hydrogen-bond donors (Lipinski definition) is 3.